The van der Waals surface area contributed by atoms with Crippen molar-refractivity contribution in [2.45, 2.75) is 32.2 Å². The van der Waals surface area contributed by atoms with Crippen LogP contribution in [0.4, 0.5) is 0 Å². The number of Topliss-reactive ketones (excluding diaryl/α,β-unsaturated/α-hetero) is 1. The van der Waals surface area contributed by atoms with E-state index in [1.807, 2.05) is 42.5 Å². The van der Waals surface area contributed by atoms with Crippen molar-refractivity contribution in [2.75, 3.05) is 6.61 Å². The normalized spacial score (nSPS) is 11.1. The zero-order valence-electron chi connectivity index (χ0n) is 14.1. The molecule has 0 heterocycles. The average Bonchev–Trinajstić information content (AvgIpc) is 2.60. The Morgan fingerprint density at radius 1 is 0.917 bits per heavy atom. The second-order valence-electron chi connectivity index (χ2n) is 6.46. The molecule has 0 fully saturated rings. The van der Waals surface area contributed by atoms with Crippen LogP contribution in [0.1, 0.15) is 37.0 Å². The number of amides is 1. The number of hydrogen-bond donors (Lipinski definition) is 2. The van der Waals surface area contributed by atoms with Gasteiger partial charge in [-0.1, -0.05) is 54.6 Å². The van der Waals surface area contributed by atoms with Gasteiger partial charge in [-0.15, -0.1) is 0 Å². The SMILES string of the molecule is CC(C)(CO)NC(=O)CCC(=O)c1ccc(-c2ccccc2)cc1. The van der Waals surface area contributed by atoms with Crippen molar-refractivity contribution >= 4 is 11.7 Å². The maximum atomic E-state index is 12.2. The summed E-state index contributed by atoms with van der Waals surface area (Å²) >= 11 is 0. The quantitative estimate of drug-likeness (QED) is 0.768. The van der Waals surface area contributed by atoms with Crippen LogP contribution in [0.5, 0.6) is 0 Å². The molecule has 2 aromatic rings. The topological polar surface area (TPSA) is 66.4 Å². The third kappa shape index (κ3) is 5.03. The van der Waals surface area contributed by atoms with Gasteiger partial charge in [-0.25, -0.2) is 0 Å². The van der Waals surface area contributed by atoms with Crippen molar-refractivity contribution in [3.63, 3.8) is 0 Å². The van der Waals surface area contributed by atoms with Gasteiger partial charge in [0.15, 0.2) is 5.78 Å². The summed E-state index contributed by atoms with van der Waals surface area (Å²) in [5.74, 6) is -0.296. The first-order valence-corrected chi connectivity index (χ1v) is 8.02. The summed E-state index contributed by atoms with van der Waals surface area (Å²) in [6.07, 6.45) is 0.265. The van der Waals surface area contributed by atoms with Crippen LogP contribution in [0.15, 0.2) is 54.6 Å². The Kier molecular flexibility index (Phi) is 5.88. The Labute approximate surface area is 142 Å². The third-order valence-corrected chi connectivity index (χ3v) is 3.77. The largest absolute Gasteiger partial charge is 0.394 e. The van der Waals surface area contributed by atoms with Crippen molar-refractivity contribution in [1.82, 2.24) is 5.32 Å². The number of ketones is 1. The minimum atomic E-state index is -0.669. The van der Waals surface area contributed by atoms with E-state index >= 15 is 0 Å². The van der Waals surface area contributed by atoms with Gasteiger partial charge in [-0.05, 0) is 25.0 Å². The molecule has 0 saturated carbocycles. The van der Waals surface area contributed by atoms with E-state index in [9.17, 15) is 9.59 Å². The van der Waals surface area contributed by atoms with Crippen molar-refractivity contribution in [1.29, 1.82) is 0 Å². The lowest BCUT2D eigenvalue weighted by Gasteiger charge is -2.23. The molecule has 0 aliphatic carbocycles. The molecule has 0 atom stereocenters. The Morgan fingerprint density at radius 3 is 2.08 bits per heavy atom. The first-order valence-electron chi connectivity index (χ1n) is 8.02. The van der Waals surface area contributed by atoms with Crippen LogP contribution in [-0.2, 0) is 4.79 Å². The zero-order valence-corrected chi connectivity index (χ0v) is 14.1. The summed E-state index contributed by atoms with van der Waals surface area (Å²) in [6.45, 7) is 3.32. The highest BCUT2D eigenvalue weighted by Gasteiger charge is 2.19. The van der Waals surface area contributed by atoms with E-state index in [-0.39, 0.29) is 31.1 Å². The first-order chi connectivity index (χ1) is 11.4. The molecule has 2 rings (SSSR count). The number of hydrogen-bond acceptors (Lipinski definition) is 3. The van der Waals surface area contributed by atoms with E-state index in [2.05, 4.69) is 5.32 Å². The first kappa shape index (κ1) is 17.9. The molecule has 2 N–H and O–H groups in total. The van der Waals surface area contributed by atoms with Gasteiger partial charge in [0.05, 0.1) is 12.1 Å². The van der Waals surface area contributed by atoms with Gasteiger partial charge in [-0.3, -0.25) is 9.59 Å². The lowest BCUT2D eigenvalue weighted by atomic mass is 10.0. The monoisotopic (exact) mass is 325 g/mol. The predicted octanol–water partition coefficient (Wildman–Crippen LogP) is 3.20. The lowest BCUT2D eigenvalue weighted by Crippen LogP contribution is -2.46. The molecule has 0 saturated heterocycles. The summed E-state index contributed by atoms with van der Waals surface area (Å²) in [7, 11) is 0. The molecule has 4 nitrogen and oxygen atoms in total. The number of benzene rings is 2. The number of aliphatic hydroxyl groups excluding tert-OH is 1. The van der Waals surface area contributed by atoms with Gasteiger partial charge < -0.3 is 10.4 Å². The number of nitrogens with one attached hydrogen (secondary N) is 1. The van der Waals surface area contributed by atoms with Crippen molar-refractivity contribution < 1.29 is 14.7 Å². The molecule has 4 heteroatoms. The smallest absolute Gasteiger partial charge is 0.220 e. The van der Waals surface area contributed by atoms with E-state index < -0.39 is 5.54 Å². The van der Waals surface area contributed by atoms with Crippen LogP contribution >= 0.6 is 0 Å². The van der Waals surface area contributed by atoms with Gasteiger partial charge >= 0.3 is 0 Å². The van der Waals surface area contributed by atoms with Gasteiger partial charge in [0.1, 0.15) is 0 Å². The van der Waals surface area contributed by atoms with E-state index in [0.29, 0.717) is 5.56 Å². The van der Waals surface area contributed by atoms with E-state index in [1.54, 1.807) is 26.0 Å². The van der Waals surface area contributed by atoms with Crippen LogP contribution in [0.3, 0.4) is 0 Å². The summed E-state index contributed by atoms with van der Waals surface area (Å²) in [4.78, 5) is 24.0. The van der Waals surface area contributed by atoms with Crippen LogP contribution in [0.2, 0.25) is 0 Å². The van der Waals surface area contributed by atoms with E-state index in [0.717, 1.165) is 11.1 Å². The molecule has 0 unspecified atom stereocenters. The maximum absolute atomic E-state index is 12.2. The molecule has 0 radical (unpaired) electrons. The minimum absolute atomic E-state index is 0.0634. The zero-order chi connectivity index (χ0) is 17.6. The summed E-state index contributed by atoms with van der Waals surface area (Å²) < 4.78 is 0. The molecule has 126 valence electrons. The Balaban J connectivity index is 1.92. The van der Waals surface area contributed by atoms with Crippen molar-refractivity contribution in [3.8, 4) is 11.1 Å². The van der Waals surface area contributed by atoms with Crippen LogP contribution in [0, 0.1) is 0 Å². The number of carbonyl (C=O) groups is 2. The highest BCUT2D eigenvalue weighted by Crippen LogP contribution is 2.20. The number of aliphatic hydroxyl groups is 1. The number of carbonyl (C=O) groups excluding carboxylic acids is 2. The highest BCUT2D eigenvalue weighted by atomic mass is 16.3. The van der Waals surface area contributed by atoms with Crippen LogP contribution < -0.4 is 5.32 Å². The van der Waals surface area contributed by atoms with Crippen molar-refractivity contribution in [3.05, 3.63) is 60.2 Å². The van der Waals surface area contributed by atoms with Gasteiger partial charge in [0.25, 0.3) is 0 Å². The molecule has 1 amide bonds. The summed E-state index contributed by atoms with van der Waals surface area (Å²) in [6, 6.07) is 17.4. The van der Waals surface area contributed by atoms with Crippen molar-refractivity contribution in [2.24, 2.45) is 0 Å². The Morgan fingerprint density at radius 2 is 1.50 bits per heavy atom. The second-order valence-corrected chi connectivity index (χ2v) is 6.46. The fourth-order valence-electron chi connectivity index (χ4n) is 2.33. The fourth-order valence-corrected chi connectivity index (χ4v) is 2.33. The number of rotatable bonds is 7. The van der Waals surface area contributed by atoms with E-state index in [1.165, 1.54) is 0 Å². The lowest BCUT2D eigenvalue weighted by molar-refractivity contribution is -0.123. The highest BCUT2D eigenvalue weighted by molar-refractivity contribution is 5.98. The predicted molar refractivity (Wildman–Crippen MR) is 94.8 cm³/mol. The van der Waals surface area contributed by atoms with E-state index in [4.69, 9.17) is 5.11 Å². The van der Waals surface area contributed by atoms with Gasteiger partial charge in [-0.2, -0.15) is 0 Å². The van der Waals surface area contributed by atoms with Gasteiger partial charge in [0, 0.05) is 18.4 Å². The second kappa shape index (κ2) is 7.88. The molecular weight excluding hydrogens is 302 g/mol. The van der Waals surface area contributed by atoms with Crippen LogP contribution in [-0.4, -0.2) is 28.9 Å². The molecular formula is C20H23NO3. The third-order valence-electron chi connectivity index (χ3n) is 3.77. The maximum Gasteiger partial charge on any atom is 0.220 e. The fraction of sp³-hybridized carbons (Fsp3) is 0.300. The molecule has 0 bridgehead atoms. The Bertz CT molecular complexity index is 691. The Hall–Kier alpha value is -2.46. The molecule has 0 spiro atoms. The minimum Gasteiger partial charge on any atom is -0.394 e. The summed E-state index contributed by atoms with van der Waals surface area (Å²) in [5, 5.41) is 11.8. The summed E-state index contributed by atoms with van der Waals surface area (Å²) in [5.41, 5.74) is 2.08. The average molecular weight is 325 g/mol. The van der Waals surface area contributed by atoms with Crippen LogP contribution in [0.25, 0.3) is 11.1 Å². The molecule has 0 aliphatic heterocycles. The standard InChI is InChI=1S/C20H23NO3/c1-20(2,14-22)21-19(24)13-12-18(23)17-10-8-16(9-11-17)15-6-4-3-5-7-15/h3-11,22H,12-14H2,1-2H3,(H,21,24). The molecule has 0 aromatic heterocycles. The molecule has 2 aromatic carbocycles. The molecule has 24 heavy (non-hydrogen) atoms. The molecule has 0 aliphatic rings. The van der Waals surface area contributed by atoms with Gasteiger partial charge in [0.2, 0.25) is 5.91 Å².